The summed E-state index contributed by atoms with van der Waals surface area (Å²) in [6.07, 6.45) is 1.11. The fourth-order valence-corrected chi connectivity index (χ4v) is 3.00. The fraction of sp³-hybridized carbons (Fsp3) is 0.538. The molecule has 9 heteroatoms. The molecule has 5 nitrogen and oxygen atoms in total. The van der Waals surface area contributed by atoms with Gasteiger partial charge in [0.15, 0.2) is 5.69 Å². The van der Waals surface area contributed by atoms with Crippen LogP contribution < -0.4 is 0 Å². The van der Waals surface area contributed by atoms with E-state index in [0.29, 0.717) is 5.89 Å². The molecule has 22 heavy (non-hydrogen) atoms. The van der Waals surface area contributed by atoms with Crippen LogP contribution in [0.25, 0.3) is 0 Å². The third kappa shape index (κ3) is 3.57. The lowest BCUT2D eigenvalue weighted by molar-refractivity contribution is -0.141. The van der Waals surface area contributed by atoms with E-state index in [4.69, 9.17) is 4.42 Å². The van der Waals surface area contributed by atoms with Gasteiger partial charge in [0, 0.05) is 5.92 Å². The first-order valence-electron chi connectivity index (χ1n) is 6.94. The van der Waals surface area contributed by atoms with Crippen molar-refractivity contribution in [1.29, 1.82) is 0 Å². The molecule has 118 valence electrons. The van der Waals surface area contributed by atoms with E-state index in [1.165, 1.54) is 12.5 Å². The lowest BCUT2D eigenvalue weighted by Crippen LogP contribution is -2.08. The maximum Gasteiger partial charge on any atom is 0.435 e. The Bertz CT molecular complexity index is 623. The van der Waals surface area contributed by atoms with Crippen molar-refractivity contribution in [3.63, 3.8) is 0 Å². The smallest absolute Gasteiger partial charge is 0.415 e. The molecule has 0 bridgehead atoms. The molecule has 1 aliphatic rings. The summed E-state index contributed by atoms with van der Waals surface area (Å²) in [4.78, 5) is 0. The van der Waals surface area contributed by atoms with Crippen molar-refractivity contribution in [3.05, 3.63) is 23.7 Å². The van der Waals surface area contributed by atoms with Gasteiger partial charge >= 0.3 is 6.18 Å². The van der Waals surface area contributed by atoms with Gasteiger partial charge in [0.25, 0.3) is 5.22 Å². The molecule has 3 rings (SSSR count). The summed E-state index contributed by atoms with van der Waals surface area (Å²) >= 11 is 1.01. The normalized spacial score (nSPS) is 16.9. The van der Waals surface area contributed by atoms with Gasteiger partial charge in [0.05, 0.1) is 0 Å². The van der Waals surface area contributed by atoms with Crippen LogP contribution in [0.5, 0.6) is 0 Å². The van der Waals surface area contributed by atoms with Crippen molar-refractivity contribution in [3.8, 4) is 0 Å². The Morgan fingerprint density at radius 1 is 1.00 bits per heavy atom. The van der Waals surface area contributed by atoms with E-state index in [1.807, 2.05) is 0 Å². The first-order valence-corrected chi connectivity index (χ1v) is 7.76. The molecule has 0 aromatic carbocycles. The van der Waals surface area contributed by atoms with Crippen molar-refractivity contribution in [1.82, 2.24) is 20.4 Å². The lowest BCUT2D eigenvalue weighted by Gasteiger charge is -2.17. The topological polar surface area (TPSA) is 64.7 Å². The van der Waals surface area contributed by atoms with E-state index < -0.39 is 11.9 Å². The molecule has 0 spiro atoms. The highest BCUT2D eigenvalue weighted by Crippen LogP contribution is 2.34. The highest BCUT2D eigenvalue weighted by molar-refractivity contribution is 7.99. The van der Waals surface area contributed by atoms with Crippen LogP contribution >= 0.6 is 11.8 Å². The van der Waals surface area contributed by atoms with Crippen LogP contribution in [-0.2, 0) is 6.18 Å². The van der Waals surface area contributed by atoms with Gasteiger partial charge in [-0.25, -0.2) is 0 Å². The van der Waals surface area contributed by atoms with Crippen LogP contribution in [-0.4, -0.2) is 20.4 Å². The molecular weight excluding hydrogens is 317 g/mol. The molecule has 0 amide bonds. The average Bonchev–Trinajstić information content (AvgIpc) is 2.96. The first-order chi connectivity index (χ1) is 10.5. The second kappa shape index (κ2) is 6.23. The van der Waals surface area contributed by atoms with Crippen molar-refractivity contribution < 1.29 is 17.6 Å². The molecule has 0 N–H and O–H groups in total. The van der Waals surface area contributed by atoms with E-state index in [2.05, 4.69) is 20.4 Å². The molecule has 0 saturated heterocycles. The minimum Gasteiger partial charge on any atom is -0.415 e. The summed E-state index contributed by atoms with van der Waals surface area (Å²) in [6.45, 7) is 0. The lowest BCUT2D eigenvalue weighted by atomic mass is 9.89. The Kier molecular flexibility index (Phi) is 4.32. The van der Waals surface area contributed by atoms with Gasteiger partial charge in [-0.2, -0.15) is 13.2 Å². The molecule has 1 fully saturated rings. The van der Waals surface area contributed by atoms with Crippen molar-refractivity contribution in [2.75, 3.05) is 0 Å². The van der Waals surface area contributed by atoms with Gasteiger partial charge in [-0.05, 0) is 36.7 Å². The molecule has 2 aromatic heterocycles. The maximum atomic E-state index is 12.4. The second-order valence-electron chi connectivity index (χ2n) is 5.10. The molecule has 0 radical (unpaired) electrons. The quantitative estimate of drug-likeness (QED) is 0.845. The number of hydrogen-bond donors (Lipinski definition) is 0. The molecule has 0 unspecified atom stereocenters. The average molecular weight is 330 g/mol. The molecule has 1 aliphatic carbocycles. The molecular formula is C13H13F3N4OS. The van der Waals surface area contributed by atoms with Gasteiger partial charge in [0.2, 0.25) is 5.89 Å². The number of nitrogens with zero attached hydrogens (tertiary/aromatic N) is 4. The highest BCUT2D eigenvalue weighted by Gasteiger charge is 2.33. The van der Waals surface area contributed by atoms with Crippen LogP contribution in [0.4, 0.5) is 13.2 Å². The van der Waals surface area contributed by atoms with Gasteiger partial charge in [-0.1, -0.05) is 19.3 Å². The summed E-state index contributed by atoms with van der Waals surface area (Å²) in [5, 5.41) is 15.2. The van der Waals surface area contributed by atoms with Crippen molar-refractivity contribution >= 4 is 11.8 Å². The van der Waals surface area contributed by atoms with E-state index in [9.17, 15) is 13.2 Å². The van der Waals surface area contributed by atoms with Crippen LogP contribution in [0.3, 0.4) is 0 Å². The van der Waals surface area contributed by atoms with Gasteiger partial charge in [-0.15, -0.1) is 20.4 Å². The van der Waals surface area contributed by atoms with E-state index in [1.54, 1.807) is 0 Å². The SMILES string of the molecule is FC(F)(F)c1ccc(Sc2nnc(C3CCCCC3)o2)nn1. The maximum absolute atomic E-state index is 12.4. The standard InChI is InChI=1S/C13H13F3N4OS/c14-13(15,16)9-6-7-10(18-17-9)22-12-20-19-11(21-12)8-4-2-1-3-5-8/h6-8H,1-5H2. The van der Waals surface area contributed by atoms with E-state index in [-0.39, 0.29) is 16.2 Å². The minimum atomic E-state index is -4.49. The summed E-state index contributed by atoms with van der Waals surface area (Å²) in [5.41, 5.74) is -1.02. The van der Waals surface area contributed by atoms with E-state index >= 15 is 0 Å². The molecule has 1 saturated carbocycles. The third-order valence-electron chi connectivity index (χ3n) is 3.50. The van der Waals surface area contributed by atoms with Crippen molar-refractivity contribution in [2.24, 2.45) is 0 Å². The number of aromatic nitrogens is 4. The van der Waals surface area contributed by atoms with Crippen LogP contribution in [0.2, 0.25) is 0 Å². The molecule has 0 atom stereocenters. The monoisotopic (exact) mass is 330 g/mol. The van der Waals surface area contributed by atoms with Gasteiger partial charge in [0.1, 0.15) is 5.03 Å². The zero-order valence-corrected chi connectivity index (χ0v) is 12.3. The predicted octanol–water partition coefficient (Wildman–Crippen LogP) is 4.08. The summed E-state index contributed by atoms with van der Waals surface area (Å²) in [6, 6.07) is 2.12. The first kappa shape index (κ1) is 15.3. The Balaban J connectivity index is 1.67. The predicted molar refractivity (Wildman–Crippen MR) is 71.3 cm³/mol. The Hall–Kier alpha value is -1.64. The summed E-state index contributed by atoms with van der Waals surface area (Å²) in [5.74, 6) is 0.886. The summed E-state index contributed by atoms with van der Waals surface area (Å²) in [7, 11) is 0. The number of hydrogen-bond acceptors (Lipinski definition) is 6. The molecule has 2 aromatic rings. The largest absolute Gasteiger partial charge is 0.435 e. The van der Waals surface area contributed by atoms with Crippen LogP contribution in [0, 0.1) is 0 Å². The van der Waals surface area contributed by atoms with Gasteiger partial charge < -0.3 is 4.42 Å². The molecule has 0 aliphatic heterocycles. The van der Waals surface area contributed by atoms with Crippen molar-refractivity contribution in [2.45, 2.75) is 54.4 Å². The number of alkyl halides is 3. The fourth-order valence-electron chi connectivity index (χ4n) is 2.39. The Morgan fingerprint density at radius 2 is 1.77 bits per heavy atom. The highest BCUT2D eigenvalue weighted by atomic mass is 32.2. The zero-order chi connectivity index (χ0) is 15.6. The minimum absolute atomic E-state index is 0.273. The van der Waals surface area contributed by atoms with Crippen LogP contribution in [0.15, 0.2) is 26.8 Å². The Morgan fingerprint density at radius 3 is 2.41 bits per heavy atom. The zero-order valence-electron chi connectivity index (χ0n) is 11.5. The Labute approximate surface area is 128 Å². The van der Waals surface area contributed by atoms with E-state index in [0.717, 1.165) is 43.5 Å². The molecule has 2 heterocycles. The number of rotatable bonds is 3. The summed E-state index contributed by atoms with van der Waals surface area (Å²) < 4.78 is 42.8. The third-order valence-corrected chi connectivity index (χ3v) is 4.27. The van der Waals surface area contributed by atoms with Crippen LogP contribution in [0.1, 0.15) is 49.6 Å². The number of halogens is 3. The second-order valence-corrected chi connectivity index (χ2v) is 6.07. The van der Waals surface area contributed by atoms with Gasteiger partial charge in [-0.3, -0.25) is 0 Å².